The summed E-state index contributed by atoms with van der Waals surface area (Å²) < 4.78 is 18.7. The van der Waals surface area contributed by atoms with Crippen LogP contribution in [-0.4, -0.2) is 12.2 Å². The van der Waals surface area contributed by atoms with Crippen LogP contribution in [0.5, 0.6) is 5.75 Å². The summed E-state index contributed by atoms with van der Waals surface area (Å²) in [5.74, 6) is -0.704. The maximum absolute atomic E-state index is 13.4. The van der Waals surface area contributed by atoms with Crippen LogP contribution >= 0.6 is 11.6 Å². The molecule has 3 N–H and O–H groups in total. The van der Waals surface area contributed by atoms with Gasteiger partial charge in [0.15, 0.2) is 0 Å². The summed E-state index contributed by atoms with van der Waals surface area (Å²) in [6.45, 7) is 0. The van der Waals surface area contributed by atoms with Crippen LogP contribution in [-0.2, 0) is 4.74 Å². The first-order chi connectivity index (χ1) is 9.02. The zero-order valence-corrected chi connectivity index (χ0v) is 11.0. The Morgan fingerprint density at radius 2 is 1.89 bits per heavy atom. The van der Waals surface area contributed by atoms with Gasteiger partial charge in [-0.25, -0.2) is 4.39 Å². The first kappa shape index (κ1) is 13.6. The van der Waals surface area contributed by atoms with E-state index in [0.29, 0.717) is 5.02 Å². The highest BCUT2D eigenvalue weighted by Crippen LogP contribution is 2.36. The molecule has 0 aliphatic carbocycles. The fraction of sp³-hybridized carbons (Fsp3) is 0.143. The molecule has 0 aliphatic rings. The monoisotopic (exact) mass is 281 g/mol. The van der Waals surface area contributed by atoms with E-state index in [2.05, 4.69) is 0 Å². The number of phenols is 1. The van der Waals surface area contributed by atoms with Gasteiger partial charge in [-0.3, -0.25) is 0 Å². The molecule has 0 radical (unpaired) electrons. The first-order valence-electron chi connectivity index (χ1n) is 5.59. The number of methoxy groups -OCH3 is 1. The molecular weight excluding hydrogens is 269 g/mol. The minimum absolute atomic E-state index is 0.0222. The van der Waals surface area contributed by atoms with E-state index >= 15 is 0 Å². The van der Waals surface area contributed by atoms with E-state index in [9.17, 15) is 9.50 Å². The van der Waals surface area contributed by atoms with Crippen molar-refractivity contribution in [2.45, 2.75) is 6.10 Å². The highest BCUT2D eigenvalue weighted by molar-refractivity contribution is 6.30. The highest BCUT2D eigenvalue weighted by atomic mass is 35.5. The molecular formula is C14H13ClFNO2. The number of benzene rings is 2. The number of nitrogen functional groups attached to an aromatic ring is 1. The largest absolute Gasteiger partial charge is 0.505 e. The van der Waals surface area contributed by atoms with Gasteiger partial charge in [0.1, 0.15) is 17.7 Å². The van der Waals surface area contributed by atoms with E-state index < -0.39 is 11.9 Å². The molecule has 0 saturated carbocycles. The fourth-order valence-electron chi connectivity index (χ4n) is 1.92. The van der Waals surface area contributed by atoms with Crippen molar-refractivity contribution in [1.29, 1.82) is 0 Å². The third kappa shape index (κ3) is 2.80. The summed E-state index contributed by atoms with van der Waals surface area (Å²) in [5.41, 5.74) is 6.55. The second-order valence-electron chi connectivity index (χ2n) is 4.10. The molecule has 0 heterocycles. The third-order valence-electron chi connectivity index (χ3n) is 2.82. The highest BCUT2D eigenvalue weighted by Gasteiger charge is 2.20. The van der Waals surface area contributed by atoms with E-state index in [-0.39, 0.29) is 17.0 Å². The van der Waals surface area contributed by atoms with Crippen molar-refractivity contribution in [2.75, 3.05) is 12.8 Å². The van der Waals surface area contributed by atoms with Crippen molar-refractivity contribution < 1.29 is 14.2 Å². The van der Waals surface area contributed by atoms with Crippen LogP contribution in [0, 0.1) is 5.82 Å². The van der Waals surface area contributed by atoms with Gasteiger partial charge < -0.3 is 15.6 Å². The van der Waals surface area contributed by atoms with Gasteiger partial charge >= 0.3 is 0 Å². The molecule has 0 bridgehead atoms. The number of rotatable bonds is 3. The van der Waals surface area contributed by atoms with Crippen LogP contribution in [0.4, 0.5) is 10.1 Å². The van der Waals surface area contributed by atoms with Crippen LogP contribution in [0.3, 0.4) is 0 Å². The number of halogens is 2. The molecule has 2 aromatic carbocycles. The summed E-state index contributed by atoms with van der Waals surface area (Å²) in [6, 6.07) is 9.15. The SMILES string of the molecule is COC(c1ccc(Cl)cc1)c1cc(F)cc(N)c1O. The number of nitrogens with two attached hydrogens (primary N) is 1. The van der Waals surface area contributed by atoms with Gasteiger partial charge in [0.05, 0.1) is 5.69 Å². The molecule has 5 heteroatoms. The number of aromatic hydroxyl groups is 1. The lowest BCUT2D eigenvalue weighted by atomic mass is 9.99. The maximum Gasteiger partial charge on any atom is 0.144 e. The molecule has 2 rings (SSSR count). The second-order valence-corrected chi connectivity index (χ2v) is 4.54. The fourth-order valence-corrected chi connectivity index (χ4v) is 2.05. The van der Waals surface area contributed by atoms with Crippen molar-refractivity contribution >= 4 is 17.3 Å². The Balaban J connectivity index is 2.50. The standard InChI is InChI=1S/C14H13ClFNO2/c1-19-14(8-2-4-9(15)5-3-8)11-6-10(16)7-12(17)13(11)18/h2-7,14,18H,17H2,1H3. The summed E-state index contributed by atoms with van der Waals surface area (Å²) >= 11 is 5.82. The van der Waals surface area contributed by atoms with Crippen LogP contribution in [0.25, 0.3) is 0 Å². The second kappa shape index (κ2) is 5.47. The molecule has 1 atom stereocenters. The minimum atomic E-state index is -0.615. The van der Waals surface area contributed by atoms with Gasteiger partial charge in [0.2, 0.25) is 0 Å². The molecule has 0 aliphatic heterocycles. The van der Waals surface area contributed by atoms with Gasteiger partial charge in [-0.2, -0.15) is 0 Å². The Hall–Kier alpha value is -1.78. The Labute approximate surface area is 115 Å². The van der Waals surface area contributed by atoms with Gasteiger partial charge in [-0.15, -0.1) is 0 Å². The Kier molecular flexibility index (Phi) is 3.93. The van der Waals surface area contributed by atoms with Crippen LogP contribution in [0.15, 0.2) is 36.4 Å². The molecule has 19 heavy (non-hydrogen) atoms. The average molecular weight is 282 g/mol. The lowest BCUT2D eigenvalue weighted by molar-refractivity contribution is 0.133. The topological polar surface area (TPSA) is 55.5 Å². The number of hydrogen-bond donors (Lipinski definition) is 2. The van der Waals surface area contributed by atoms with Crippen molar-refractivity contribution in [1.82, 2.24) is 0 Å². The molecule has 0 aromatic heterocycles. The predicted molar refractivity (Wildman–Crippen MR) is 72.8 cm³/mol. The first-order valence-corrected chi connectivity index (χ1v) is 5.97. The summed E-state index contributed by atoms with van der Waals surface area (Å²) in [4.78, 5) is 0. The van der Waals surface area contributed by atoms with Gasteiger partial charge in [0.25, 0.3) is 0 Å². The molecule has 0 spiro atoms. The maximum atomic E-state index is 13.4. The van der Waals surface area contributed by atoms with Crippen LogP contribution < -0.4 is 5.73 Å². The molecule has 0 amide bonds. The molecule has 3 nitrogen and oxygen atoms in total. The van der Waals surface area contributed by atoms with Crippen molar-refractivity contribution in [2.24, 2.45) is 0 Å². The predicted octanol–water partition coefficient (Wildman–Crippen LogP) is 3.50. The van der Waals surface area contributed by atoms with Crippen molar-refractivity contribution in [3.63, 3.8) is 0 Å². The van der Waals surface area contributed by atoms with Gasteiger partial charge in [0, 0.05) is 23.8 Å². The zero-order chi connectivity index (χ0) is 14.0. The van der Waals surface area contributed by atoms with Gasteiger partial charge in [-0.05, 0) is 23.8 Å². The summed E-state index contributed by atoms with van der Waals surface area (Å²) in [7, 11) is 1.47. The van der Waals surface area contributed by atoms with Gasteiger partial charge in [-0.1, -0.05) is 23.7 Å². The Bertz CT molecular complexity index is 587. The lowest BCUT2D eigenvalue weighted by Crippen LogP contribution is -2.05. The normalized spacial score (nSPS) is 12.4. The number of ether oxygens (including phenoxy) is 1. The lowest BCUT2D eigenvalue weighted by Gasteiger charge is -2.18. The van der Waals surface area contributed by atoms with E-state index in [1.165, 1.54) is 13.2 Å². The molecule has 1 unspecified atom stereocenters. The molecule has 0 fully saturated rings. The molecule has 100 valence electrons. The third-order valence-corrected chi connectivity index (χ3v) is 3.08. The molecule has 0 saturated heterocycles. The quantitative estimate of drug-likeness (QED) is 0.669. The molecule has 2 aromatic rings. The number of anilines is 1. The van der Waals surface area contributed by atoms with Crippen LogP contribution in [0.1, 0.15) is 17.2 Å². The van der Waals surface area contributed by atoms with E-state index in [0.717, 1.165) is 11.6 Å². The van der Waals surface area contributed by atoms with E-state index in [1.807, 2.05) is 0 Å². The Morgan fingerprint density at radius 1 is 1.26 bits per heavy atom. The number of phenolic OH excluding ortho intramolecular Hbond substituents is 1. The van der Waals surface area contributed by atoms with E-state index in [4.69, 9.17) is 22.1 Å². The minimum Gasteiger partial charge on any atom is -0.505 e. The van der Waals surface area contributed by atoms with Crippen molar-refractivity contribution in [3.05, 3.63) is 58.4 Å². The van der Waals surface area contributed by atoms with Crippen LogP contribution in [0.2, 0.25) is 5.02 Å². The Morgan fingerprint density at radius 3 is 2.47 bits per heavy atom. The summed E-state index contributed by atoms with van der Waals surface area (Å²) in [6.07, 6.45) is -0.615. The number of hydrogen-bond acceptors (Lipinski definition) is 3. The van der Waals surface area contributed by atoms with E-state index in [1.54, 1.807) is 24.3 Å². The smallest absolute Gasteiger partial charge is 0.144 e. The summed E-state index contributed by atoms with van der Waals surface area (Å²) in [5, 5.41) is 10.5. The zero-order valence-electron chi connectivity index (χ0n) is 10.2. The average Bonchev–Trinajstić information content (AvgIpc) is 2.38. The van der Waals surface area contributed by atoms with Crippen molar-refractivity contribution in [3.8, 4) is 5.75 Å².